The number of alkyl halides is 2. The van der Waals surface area contributed by atoms with Crippen LogP contribution < -0.4 is 0 Å². The van der Waals surface area contributed by atoms with Crippen molar-refractivity contribution in [3.05, 3.63) is 0 Å². The minimum atomic E-state index is 0.774. The van der Waals surface area contributed by atoms with Crippen molar-refractivity contribution < 1.29 is 0 Å². The van der Waals surface area contributed by atoms with Gasteiger partial charge in [-0.2, -0.15) is 0 Å². The van der Waals surface area contributed by atoms with E-state index in [1.165, 1.54) is 0 Å². The van der Waals surface area contributed by atoms with E-state index in [4.69, 9.17) is 0 Å². The van der Waals surface area contributed by atoms with Crippen LogP contribution in [-0.4, -0.2) is 1.93 Å². The maximum absolute atomic E-state index is 2.68. The van der Waals surface area contributed by atoms with Gasteiger partial charge < -0.3 is 0 Å². The number of hydrogen-bond donors (Lipinski definition) is 0. The van der Waals surface area contributed by atoms with Gasteiger partial charge in [-0.05, 0) is 61.7 Å². The summed E-state index contributed by atoms with van der Waals surface area (Å²) < 4.78 is 0.885. The second-order valence-electron chi connectivity index (χ2n) is 5.58. The maximum Gasteiger partial charge on any atom is 0.0683 e. The molecule has 0 radical (unpaired) electrons. The molecule has 4 aliphatic rings. The van der Waals surface area contributed by atoms with Gasteiger partial charge in [-0.25, -0.2) is 0 Å². The van der Waals surface area contributed by atoms with Crippen molar-refractivity contribution in [2.45, 2.75) is 40.5 Å². The molecule has 4 rings (SSSR count). The molecule has 0 spiro atoms. The largest absolute Gasteiger partial charge is 0.0704 e. The van der Waals surface area contributed by atoms with Gasteiger partial charge in [0, 0.05) is 0 Å². The van der Waals surface area contributed by atoms with Crippen LogP contribution >= 0.6 is 45.2 Å². The molecular weight excluding hydrogens is 386 g/mol. The molecule has 0 aliphatic heterocycles. The molecule has 0 unspecified atom stereocenters. The first-order valence-corrected chi connectivity index (χ1v) is 7.95. The highest BCUT2D eigenvalue weighted by Gasteiger charge is 2.52. The number of hydrogen-bond acceptors (Lipinski definition) is 0. The van der Waals surface area contributed by atoms with E-state index in [1.54, 1.807) is 38.5 Å². The van der Waals surface area contributed by atoms with E-state index in [2.05, 4.69) is 45.2 Å². The molecule has 0 N–H and O–H groups in total. The lowest BCUT2D eigenvalue weighted by atomic mass is 9.50. The third-order valence-electron chi connectivity index (χ3n) is 4.55. The minimum Gasteiger partial charge on any atom is -0.0704 e. The van der Waals surface area contributed by atoms with E-state index < -0.39 is 0 Å². The lowest BCUT2D eigenvalue weighted by molar-refractivity contribution is -0.0388. The fraction of sp³-hybridized carbons (Fsp3) is 1.00. The third-order valence-corrected chi connectivity index (χ3v) is 7.19. The Labute approximate surface area is 108 Å². The summed E-state index contributed by atoms with van der Waals surface area (Å²) in [6.07, 6.45) is 9.44. The normalized spacial score (nSPS) is 53.3. The fourth-order valence-corrected chi connectivity index (χ4v) is 5.97. The van der Waals surface area contributed by atoms with Gasteiger partial charge in [-0.3, -0.25) is 0 Å². The zero-order valence-corrected chi connectivity index (χ0v) is 12.1. The molecule has 0 aromatic carbocycles. The molecule has 4 bridgehead atoms. The van der Waals surface area contributed by atoms with Crippen molar-refractivity contribution in [2.75, 3.05) is 0 Å². The van der Waals surface area contributed by atoms with Crippen molar-refractivity contribution in [2.24, 2.45) is 23.2 Å². The second kappa shape index (κ2) is 3.22. The fourth-order valence-electron chi connectivity index (χ4n) is 4.44. The van der Waals surface area contributed by atoms with E-state index in [9.17, 15) is 0 Å². The summed E-state index contributed by atoms with van der Waals surface area (Å²) in [5.74, 6) is 3.37. The molecule has 4 saturated carbocycles. The molecule has 0 aromatic heterocycles. The van der Waals surface area contributed by atoms with Gasteiger partial charge in [0.2, 0.25) is 0 Å². The Kier molecular flexibility index (Phi) is 2.40. The SMILES string of the molecule is IC(I)C12CC3CC(CC(C3)C1)C2. The summed E-state index contributed by atoms with van der Waals surface area (Å²) in [5, 5.41) is 0. The van der Waals surface area contributed by atoms with E-state index in [0.29, 0.717) is 0 Å². The highest BCUT2D eigenvalue weighted by atomic mass is 127. The summed E-state index contributed by atoms with van der Waals surface area (Å²) in [7, 11) is 0. The smallest absolute Gasteiger partial charge is 0.0683 e. The van der Waals surface area contributed by atoms with Gasteiger partial charge in [0.25, 0.3) is 0 Å². The molecular formula is C11H16I2. The highest BCUT2D eigenvalue weighted by molar-refractivity contribution is 14.2. The first-order chi connectivity index (χ1) is 6.18. The monoisotopic (exact) mass is 402 g/mol. The highest BCUT2D eigenvalue weighted by Crippen LogP contribution is 2.63. The predicted octanol–water partition coefficient (Wildman–Crippen LogP) is 4.40. The quantitative estimate of drug-likeness (QED) is 0.451. The van der Waals surface area contributed by atoms with Crippen LogP contribution in [0.4, 0.5) is 0 Å². The molecule has 74 valence electrons. The van der Waals surface area contributed by atoms with Gasteiger partial charge in [0.1, 0.15) is 0 Å². The molecule has 4 aliphatic carbocycles. The Morgan fingerprint density at radius 3 is 1.54 bits per heavy atom. The van der Waals surface area contributed by atoms with E-state index in [1.807, 2.05) is 0 Å². The molecule has 0 amide bonds. The zero-order valence-electron chi connectivity index (χ0n) is 7.81. The Balaban J connectivity index is 1.91. The average Bonchev–Trinajstić information content (AvgIpc) is 2.00. The molecule has 2 heteroatoms. The molecule has 0 heterocycles. The molecule has 13 heavy (non-hydrogen) atoms. The molecule has 4 fully saturated rings. The van der Waals surface area contributed by atoms with Crippen LogP contribution in [0.2, 0.25) is 0 Å². The Morgan fingerprint density at radius 2 is 1.23 bits per heavy atom. The molecule has 0 atom stereocenters. The third kappa shape index (κ3) is 1.49. The summed E-state index contributed by atoms with van der Waals surface area (Å²) >= 11 is 5.35. The first kappa shape index (κ1) is 9.67. The van der Waals surface area contributed by atoms with E-state index in [-0.39, 0.29) is 0 Å². The van der Waals surface area contributed by atoms with E-state index >= 15 is 0 Å². The minimum absolute atomic E-state index is 0.774. The molecule has 0 aromatic rings. The summed E-state index contributed by atoms with van der Waals surface area (Å²) in [6, 6.07) is 0. The van der Waals surface area contributed by atoms with Crippen LogP contribution in [0.15, 0.2) is 0 Å². The van der Waals surface area contributed by atoms with Crippen LogP contribution in [-0.2, 0) is 0 Å². The summed E-state index contributed by atoms with van der Waals surface area (Å²) in [6.45, 7) is 0. The van der Waals surface area contributed by atoms with Crippen molar-refractivity contribution in [1.29, 1.82) is 0 Å². The lowest BCUT2D eigenvalue weighted by Gasteiger charge is -2.57. The average molecular weight is 402 g/mol. The predicted molar refractivity (Wildman–Crippen MR) is 72.4 cm³/mol. The Bertz CT molecular complexity index is 187. The van der Waals surface area contributed by atoms with E-state index in [0.717, 1.165) is 25.1 Å². The van der Waals surface area contributed by atoms with Gasteiger partial charge in [0.05, 0.1) is 1.93 Å². The second-order valence-corrected chi connectivity index (χ2v) is 10.5. The maximum atomic E-state index is 2.68. The van der Waals surface area contributed by atoms with Crippen molar-refractivity contribution >= 4 is 45.2 Å². The first-order valence-electron chi connectivity index (χ1n) is 5.46. The Morgan fingerprint density at radius 1 is 0.846 bits per heavy atom. The van der Waals surface area contributed by atoms with Crippen LogP contribution in [0.3, 0.4) is 0 Å². The van der Waals surface area contributed by atoms with Crippen molar-refractivity contribution in [3.8, 4) is 0 Å². The summed E-state index contributed by atoms with van der Waals surface area (Å²) in [5.41, 5.74) is 0.774. The van der Waals surface area contributed by atoms with Crippen molar-refractivity contribution in [3.63, 3.8) is 0 Å². The van der Waals surface area contributed by atoms with Gasteiger partial charge in [-0.1, -0.05) is 45.2 Å². The Hall–Kier alpha value is 1.46. The molecule has 0 saturated heterocycles. The van der Waals surface area contributed by atoms with Gasteiger partial charge in [0.15, 0.2) is 0 Å². The zero-order chi connectivity index (χ0) is 9.05. The topological polar surface area (TPSA) is 0 Å². The standard InChI is InChI=1S/C11H16I2/c12-10(13)11-4-7-1-8(5-11)3-9(2-7)6-11/h7-10H,1-6H2. The van der Waals surface area contributed by atoms with Crippen LogP contribution in [0.25, 0.3) is 0 Å². The van der Waals surface area contributed by atoms with Crippen LogP contribution in [0.1, 0.15) is 38.5 Å². The van der Waals surface area contributed by atoms with Crippen LogP contribution in [0.5, 0.6) is 0 Å². The summed E-state index contributed by atoms with van der Waals surface area (Å²) in [4.78, 5) is 0. The van der Waals surface area contributed by atoms with Gasteiger partial charge in [-0.15, -0.1) is 0 Å². The van der Waals surface area contributed by atoms with Gasteiger partial charge >= 0.3 is 0 Å². The lowest BCUT2D eigenvalue weighted by Crippen LogP contribution is -2.48. The number of rotatable bonds is 1. The molecule has 0 nitrogen and oxygen atoms in total. The van der Waals surface area contributed by atoms with Crippen LogP contribution in [0, 0.1) is 23.2 Å². The number of halogens is 2. The van der Waals surface area contributed by atoms with Crippen molar-refractivity contribution in [1.82, 2.24) is 0 Å².